The van der Waals surface area contributed by atoms with Crippen LogP contribution in [-0.4, -0.2) is 18.0 Å². The van der Waals surface area contributed by atoms with Crippen molar-refractivity contribution in [2.24, 2.45) is 0 Å². The Balaban J connectivity index is 2.53. The van der Waals surface area contributed by atoms with Gasteiger partial charge in [0.1, 0.15) is 5.83 Å². The molecule has 2 heteroatoms. The highest BCUT2D eigenvalue weighted by Gasteiger charge is 2.24. The summed E-state index contributed by atoms with van der Waals surface area (Å²) in [5, 5.41) is 0. The van der Waals surface area contributed by atoms with E-state index in [2.05, 4.69) is 56.9 Å². The molecule has 0 N–H and O–H groups in total. The van der Waals surface area contributed by atoms with E-state index in [0.29, 0.717) is 6.42 Å². The van der Waals surface area contributed by atoms with Gasteiger partial charge >= 0.3 is 0 Å². The van der Waals surface area contributed by atoms with Gasteiger partial charge in [0, 0.05) is 0 Å². The molecule has 1 aliphatic rings. The van der Waals surface area contributed by atoms with Crippen LogP contribution < -0.4 is 0 Å². The van der Waals surface area contributed by atoms with Gasteiger partial charge in [0.15, 0.2) is 0 Å². The molecule has 0 fully saturated rings. The normalized spacial score (nSPS) is 16.3. The van der Waals surface area contributed by atoms with Crippen LogP contribution in [0.2, 0.25) is 0 Å². The van der Waals surface area contributed by atoms with E-state index in [-0.39, 0.29) is 11.9 Å². The molecule has 0 spiro atoms. The monoisotopic (exact) mass is 299 g/mol. The van der Waals surface area contributed by atoms with Crippen molar-refractivity contribution in [3.63, 3.8) is 0 Å². The van der Waals surface area contributed by atoms with Gasteiger partial charge in [-0.2, -0.15) is 0 Å². The molecule has 1 aromatic carbocycles. The number of likely N-dealkylation sites (N-methyl/N-ethyl adjacent to an activating group) is 1. The average Bonchev–Trinajstić information content (AvgIpc) is 2.71. The number of hydrogen-bond acceptors (Lipinski definition) is 1. The second kappa shape index (κ2) is 7.55. The van der Waals surface area contributed by atoms with Crippen LogP contribution in [0.1, 0.15) is 43.0 Å². The maximum absolute atomic E-state index is 13.5. The minimum Gasteiger partial charge on any atom is -0.293 e. The molecule has 1 nitrogen and oxygen atoms in total. The Hall–Kier alpha value is -1.67. The van der Waals surface area contributed by atoms with Crippen molar-refractivity contribution in [1.29, 1.82) is 0 Å². The molecule has 1 unspecified atom stereocenters. The quantitative estimate of drug-likeness (QED) is 0.701. The van der Waals surface area contributed by atoms with Crippen molar-refractivity contribution in [2.75, 3.05) is 13.1 Å². The Kier molecular flexibility index (Phi) is 5.73. The summed E-state index contributed by atoms with van der Waals surface area (Å²) in [7, 11) is 0. The van der Waals surface area contributed by atoms with Crippen LogP contribution in [0, 0.1) is 13.8 Å². The summed E-state index contributed by atoms with van der Waals surface area (Å²) in [5.74, 6) is -0.147. The second-order valence-corrected chi connectivity index (χ2v) is 5.79. The van der Waals surface area contributed by atoms with E-state index in [0.717, 1.165) is 13.1 Å². The van der Waals surface area contributed by atoms with E-state index < -0.39 is 0 Å². The average molecular weight is 299 g/mol. The lowest BCUT2D eigenvalue weighted by Gasteiger charge is -2.33. The predicted octanol–water partition coefficient (Wildman–Crippen LogP) is 5.43. The van der Waals surface area contributed by atoms with Crippen molar-refractivity contribution in [1.82, 2.24) is 4.90 Å². The number of allylic oxidation sites excluding steroid dienone is 4. The molecule has 1 aromatic rings. The zero-order valence-electron chi connectivity index (χ0n) is 14.1. The van der Waals surface area contributed by atoms with Gasteiger partial charge in [0.25, 0.3) is 0 Å². The molecule has 0 bridgehead atoms. The third kappa shape index (κ3) is 3.56. The zero-order chi connectivity index (χ0) is 16.1. The van der Waals surface area contributed by atoms with E-state index in [1.165, 1.54) is 22.3 Å². The molecular weight excluding hydrogens is 273 g/mol. The standard InChI is InChI=1S/C20H26FN/c1-5-22(6-2)20(17-11-8-12-18(21)14-13-17)19-15(3)9-7-10-16(19)4/h7,9-14,20H,5-6,8H2,1-4H3. The summed E-state index contributed by atoms with van der Waals surface area (Å²) in [5.41, 5.74) is 5.13. The fraction of sp³-hybridized carbons (Fsp3) is 0.400. The van der Waals surface area contributed by atoms with E-state index in [1.807, 2.05) is 6.08 Å². The minimum absolute atomic E-state index is 0.147. The molecule has 0 amide bonds. The topological polar surface area (TPSA) is 3.24 Å². The Morgan fingerprint density at radius 3 is 2.27 bits per heavy atom. The lowest BCUT2D eigenvalue weighted by atomic mass is 9.89. The highest BCUT2D eigenvalue weighted by atomic mass is 19.1. The van der Waals surface area contributed by atoms with Crippen molar-refractivity contribution in [2.45, 2.75) is 40.2 Å². The van der Waals surface area contributed by atoms with Gasteiger partial charge in [-0.1, -0.05) is 44.2 Å². The first kappa shape index (κ1) is 16.7. The molecule has 0 radical (unpaired) electrons. The van der Waals surface area contributed by atoms with E-state index in [9.17, 15) is 4.39 Å². The molecule has 0 aliphatic heterocycles. The largest absolute Gasteiger partial charge is 0.293 e. The van der Waals surface area contributed by atoms with Gasteiger partial charge in [0.2, 0.25) is 0 Å². The predicted molar refractivity (Wildman–Crippen MR) is 92.6 cm³/mol. The Morgan fingerprint density at radius 2 is 1.68 bits per heavy atom. The van der Waals surface area contributed by atoms with Gasteiger partial charge in [-0.25, -0.2) is 4.39 Å². The smallest absolute Gasteiger partial charge is 0.119 e. The molecule has 1 aliphatic carbocycles. The van der Waals surface area contributed by atoms with E-state index in [1.54, 1.807) is 12.2 Å². The summed E-state index contributed by atoms with van der Waals surface area (Å²) in [4.78, 5) is 2.44. The first-order valence-electron chi connectivity index (χ1n) is 8.12. The number of halogens is 1. The van der Waals surface area contributed by atoms with Crippen molar-refractivity contribution in [3.05, 3.63) is 70.6 Å². The van der Waals surface area contributed by atoms with Crippen LogP contribution in [0.4, 0.5) is 4.39 Å². The van der Waals surface area contributed by atoms with Gasteiger partial charge < -0.3 is 0 Å². The van der Waals surface area contributed by atoms with Gasteiger partial charge in [-0.3, -0.25) is 4.90 Å². The van der Waals surface area contributed by atoms with Crippen molar-refractivity contribution < 1.29 is 4.39 Å². The summed E-state index contributed by atoms with van der Waals surface area (Å²) in [6.45, 7) is 10.6. The van der Waals surface area contributed by atoms with E-state index >= 15 is 0 Å². The summed E-state index contributed by atoms with van der Waals surface area (Å²) < 4.78 is 13.5. The molecule has 0 saturated heterocycles. The molecule has 0 aromatic heterocycles. The van der Waals surface area contributed by atoms with Crippen LogP contribution >= 0.6 is 0 Å². The SMILES string of the molecule is CCN(CC)C(C1=CCC=C(F)C=C1)c1c(C)cccc1C. The first-order chi connectivity index (χ1) is 10.6. The summed E-state index contributed by atoms with van der Waals surface area (Å²) in [6, 6.07) is 6.62. The number of benzene rings is 1. The lowest BCUT2D eigenvalue weighted by molar-refractivity contribution is 0.248. The maximum Gasteiger partial charge on any atom is 0.119 e. The molecule has 0 heterocycles. The van der Waals surface area contributed by atoms with Crippen LogP contribution in [-0.2, 0) is 0 Å². The van der Waals surface area contributed by atoms with E-state index in [4.69, 9.17) is 0 Å². The van der Waals surface area contributed by atoms with Crippen molar-refractivity contribution >= 4 is 0 Å². The Labute approximate surface area is 133 Å². The fourth-order valence-corrected chi connectivity index (χ4v) is 3.23. The Bertz CT molecular complexity index is 586. The molecule has 0 saturated carbocycles. The molecule has 118 valence electrons. The molecule has 1 atom stereocenters. The van der Waals surface area contributed by atoms with Crippen LogP contribution in [0.5, 0.6) is 0 Å². The number of rotatable bonds is 5. The summed E-state index contributed by atoms with van der Waals surface area (Å²) >= 11 is 0. The lowest BCUT2D eigenvalue weighted by Crippen LogP contribution is -2.30. The highest BCUT2D eigenvalue weighted by Crippen LogP contribution is 2.35. The maximum atomic E-state index is 13.5. The van der Waals surface area contributed by atoms with Crippen LogP contribution in [0.3, 0.4) is 0 Å². The Morgan fingerprint density at radius 1 is 1.05 bits per heavy atom. The number of nitrogens with zero attached hydrogens (tertiary/aromatic N) is 1. The molecular formula is C20H26FN. The van der Waals surface area contributed by atoms with Gasteiger partial charge in [-0.05, 0) is 67.8 Å². The van der Waals surface area contributed by atoms with Crippen LogP contribution in [0.15, 0.2) is 53.9 Å². The molecule has 22 heavy (non-hydrogen) atoms. The number of hydrogen-bond donors (Lipinski definition) is 0. The second-order valence-electron chi connectivity index (χ2n) is 5.79. The zero-order valence-corrected chi connectivity index (χ0v) is 14.1. The molecule has 2 rings (SSSR count). The van der Waals surface area contributed by atoms with Gasteiger partial charge in [0.05, 0.1) is 6.04 Å². The first-order valence-corrected chi connectivity index (χ1v) is 8.12. The van der Waals surface area contributed by atoms with Crippen molar-refractivity contribution in [3.8, 4) is 0 Å². The van der Waals surface area contributed by atoms with Crippen LogP contribution in [0.25, 0.3) is 0 Å². The third-order valence-corrected chi connectivity index (χ3v) is 4.41. The van der Waals surface area contributed by atoms with Gasteiger partial charge in [-0.15, -0.1) is 0 Å². The minimum atomic E-state index is -0.147. The highest BCUT2D eigenvalue weighted by molar-refractivity contribution is 5.45. The third-order valence-electron chi connectivity index (χ3n) is 4.41. The fourth-order valence-electron chi connectivity index (χ4n) is 3.23. The number of aryl methyl sites for hydroxylation is 2. The summed E-state index contributed by atoms with van der Waals surface area (Å²) in [6.07, 6.45) is 7.96.